The Morgan fingerprint density at radius 3 is 2.53 bits per heavy atom. The molecule has 90 valence electrons. The molecule has 2 unspecified atom stereocenters. The third-order valence-corrected chi connectivity index (χ3v) is 2.29. The monoisotopic (exact) mass is 218 g/mol. The Labute approximate surface area is 91.0 Å². The van der Waals surface area contributed by atoms with Crippen molar-refractivity contribution in [3.63, 3.8) is 0 Å². The number of carbonyl (C=O) groups excluding carboxylic acids is 1. The van der Waals surface area contributed by atoms with E-state index in [4.69, 9.17) is 15.6 Å². The summed E-state index contributed by atoms with van der Waals surface area (Å²) in [5.41, 5.74) is 5.09. The van der Waals surface area contributed by atoms with Crippen LogP contribution in [0.3, 0.4) is 0 Å². The molecule has 0 aromatic heterocycles. The van der Waals surface area contributed by atoms with Crippen LogP contribution in [0, 0.1) is 0 Å². The van der Waals surface area contributed by atoms with Gasteiger partial charge < -0.3 is 20.9 Å². The number of rotatable bonds is 6. The fourth-order valence-corrected chi connectivity index (χ4v) is 0.924. The van der Waals surface area contributed by atoms with Crippen LogP contribution in [0.5, 0.6) is 0 Å². The van der Waals surface area contributed by atoms with Gasteiger partial charge in [-0.1, -0.05) is 0 Å². The van der Waals surface area contributed by atoms with Crippen LogP contribution < -0.4 is 11.1 Å². The van der Waals surface area contributed by atoms with Crippen molar-refractivity contribution < 1.29 is 14.6 Å². The van der Waals surface area contributed by atoms with Crippen molar-refractivity contribution in [1.29, 1.82) is 0 Å². The maximum absolute atomic E-state index is 11.4. The SMILES string of the molecule is COC(C)(C)CC(=O)NCC(N)C(C)O. The minimum absolute atomic E-state index is 0.127. The molecule has 0 saturated carbocycles. The number of nitrogens with one attached hydrogen (secondary N) is 1. The fourth-order valence-electron chi connectivity index (χ4n) is 0.924. The van der Waals surface area contributed by atoms with Gasteiger partial charge in [0.15, 0.2) is 0 Å². The van der Waals surface area contributed by atoms with Crippen LogP contribution >= 0.6 is 0 Å². The standard InChI is InChI=1S/C10H22N2O3/c1-7(13)8(11)6-12-9(14)5-10(2,3)15-4/h7-8,13H,5-6,11H2,1-4H3,(H,12,14). The van der Waals surface area contributed by atoms with E-state index in [-0.39, 0.29) is 18.9 Å². The molecule has 0 fully saturated rings. The smallest absolute Gasteiger partial charge is 0.222 e. The van der Waals surface area contributed by atoms with Gasteiger partial charge in [0.1, 0.15) is 0 Å². The van der Waals surface area contributed by atoms with E-state index in [9.17, 15) is 4.79 Å². The highest BCUT2D eigenvalue weighted by Crippen LogP contribution is 2.12. The highest BCUT2D eigenvalue weighted by Gasteiger charge is 2.21. The average Bonchev–Trinajstić information content (AvgIpc) is 2.13. The molecule has 0 aromatic rings. The Kier molecular flexibility index (Phi) is 5.79. The van der Waals surface area contributed by atoms with Gasteiger partial charge >= 0.3 is 0 Å². The second-order valence-corrected chi connectivity index (χ2v) is 4.35. The molecule has 0 aromatic carbocycles. The molecule has 0 rings (SSSR count). The zero-order valence-corrected chi connectivity index (χ0v) is 9.91. The number of methoxy groups -OCH3 is 1. The van der Waals surface area contributed by atoms with Crippen LogP contribution in [0.4, 0.5) is 0 Å². The minimum atomic E-state index is -0.624. The van der Waals surface area contributed by atoms with Crippen molar-refractivity contribution in [2.24, 2.45) is 5.73 Å². The molecular formula is C10H22N2O3. The molecule has 0 saturated heterocycles. The van der Waals surface area contributed by atoms with Gasteiger partial charge in [-0.25, -0.2) is 0 Å². The van der Waals surface area contributed by atoms with Crippen LogP contribution in [0.15, 0.2) is 0 Å². The lowest BCUT2D eigenvalue weighted by Gasteiger charge is -2.23. The number of ether oxygens (including phenoxy) is 1. The number of aliphatic hydroxyl groups excluding tert-OH is 1. The van der Waals surface area contributed by atoms with Crippen LogP contribution in [0.1, 0.15) is 27.2 Å². The van der Waals surface area contributed by atoms with Gasteiger partial charge in [0.05, 0.1) is 18.1 Å². The number of carbonyl (C=O) groups is 1. The molecule has 0 aliphatic carbocycles. The van der Waals surface area contributed by atoms with Crippen molar-refractivity contribution >= 4 is 5.91 Å². The number of hydrogen-bond acceptors (Lipinski definition) is 4. The fraction of sp³-hybridized carbons (Fsp3) is 0.900. The molecule has 0 spiro atoms. The second-order valence-electron chi connectivity index (χ2n) is 4.35. The van der Waals surface area contributed by atoms with E-state index in [1.54, 1.807) is 14.0 Å². The summed E-state index contributed by atoms with van der Waals surface area (Å²) in [6, 6.07) is -0.431. The first-order valence-corrected chi connectivity index (χ1v) is 5.04. The number of hydrogen-bond donors (Lipinski definition) is 3. The van der Waals surface area contributed by atoms with Gasteiger partial charge in [0.25, 0.3) is 0 Å². The summed E-state index contributed by atoms with van der Waals surface area (Å²) < 4.78 is 5.12. The lowest BCUT2D eigenvalue weighted by Crippen LogP contribution is -2.45. The van der Waals surface area contributed by atoms with Crippen LogP contribution in [-0.2, 0) is 9.53 Å². The third-order valence-electron chi connectivity index (χ3n) is 2.29. The molecule has 5 heteroatoms. The summed E-state index contributed by atoms with van der Waals surface area (Å²) in [5, 5.41) is 11.8. The normalized spacial score (nSPS) is 15.9. The predicted molar refractivity (Wildman–Crippen MR) is 58.4 cm³/mol. The quantitative estimate of drug-likeness (QED) is 0.567. The minimum Gasteiger partial charge on any atom is -0.392 e. The molecule has 0 aliphatic rings. The first-order valence-electron chi connectivity index (χ1n) is 5.04. The lowest BCUT2D eigenvalue weighted by molar-refractivity contribution is -0.126. The summed E-state index contributed by atoms with van der Waals surface area (Å²) in [7, 11) is 1.56. The van der Waals surface area contributed by atoms with Crippen molar-refractivity contribution in [1.82, 2.24) is 5.32 Å². The molecule has 15 heavy (non-hydrogen) atoms. The van der Waals surface area contributed by atoms with Crippen molar-refractivity contribution in [2.75, 3.05) is 13.7 Å². The highest BCUT2D eigenvalue weighted by molar-refractivity contribution is 5.76. The lowest BCUT2D eigenvalue weighted by atomic mass is 10.0. The van der Waals surface area contributed by atoms with Gasteiger partial charge in [0.2, 0.25) is 5.91 Å². The Morgan fingerprint density at radius 1 is 1.60 bits per heavy atom. The second kappa shape index (κ2) is 6.05. The third kappa shape index (κ3) is 6.43. The first-order chi connectivity index (χ1) is 6.78. The maximum Gasteiger partial charge on any atom is 0.222 e. The number of nitrogens with two attached hydrogens (primary N) is 1. The molecule has 0 aliphatic heterocycles. The number of amides is 1. The predicted octanol–water partition coefficient (Wildman–Crippen LogP) is -0.374. The molecular weight excluding hydrogens is 196 g/mol. The van der Waals surface area contributed by atoms with Gasteiger partial charge in [-0.15, -0.1) is 0 Å². The molecule has 0 radical (unpaired) electrons. The zero-order valence-electron chi connectivity index (χ0n) is 9.91. The summed E-state index contributed by atoms with van der Waals surface area (Å²) in [4.78, 5) is 11.4. The van der Waals surface area contributed by atoms with Crippen molar-refractivity contribution in [3.05, 3.63) is 0 Å². The summed E-state index contributed by atoms with van der Waals surface area (Å²) in [6.07, 6.45) is -0.350. The Morgan fingerprint density at radius 2 is 2.13 bits per heavy atom. The topological polar surface area (TPSA) is 84.6 Å². The largest absolute Gasteiger partial charge is 0.392 e. The van der Waals surface area contributed by atoms with E-state index < -0.39 is 17.7 Å². The Balaban J connectivity index is 3.86. The molecule has 1 amide bonds. The summed E-state index contributed by atoms with van der Waals surface area (Å²) in [5.74, 6) is -0.127. The van der Waals surface area contributed by atoms with Gasteiger partial charge in [-0.05, 0) is 20.8 Å². The Bertz CT molecular complexity index is 205. The van der Waals surface area contributed by atoms with E-state index in [1.807, 2.05) is 13.8 Å². The van der Waals surface area contributed by atoms with Gasteiger partial charge in [-0.2, -0.15) is 0 Å². The number of aliphatic hydroxyl groups is 1. The molecule has 2 atom stereocenters. The zero-order chi connectivity index (χ0) is 12.1. The summed E-state index contributed by atoms with van der Waals surface area (Å²) >= 11 is 0. The first kappa shape index (κ1) is 14.3. The van der Waals surface area contributed by atoms with E-state index >= 15 is 0 Å². The highest BCUT2D eigenvalue weighted by atomic mass is 16.5. The van der Waals surface area contributed by atoms with Gasteiger partial charge in [-0.3, -0.25) is 4.79 Å². The van der Waals surface area contributed by atoms with Crippen LogP contribution in [0.2, 0.25) is 0 Å². The van der Waals surface area contributed by atoms with E-state index in [0.29, 0.717) is 0 Å². The van der Waals surface area contributed by atoms with E-state index in [2.05, 4.69) is 5.32 Å². The average molecular weight is 218 g/mol. The van der Waals surface area contributed by atoms with Crippen molar-refractivity contribution in [3.8, 4) is 0 Å². The molecule has 0 heterocycles. The van der Waals surface area contributed by atoms with E-state index in [0.717, 1.165) is 0 Å². The maximum atomic E-state index is 11.4. The molecule has 0 bridgehead atoms. The Hall–Kier alpha value is -0.650. The molecule has 4 N–H and O–H groups in total. The van der Waals surface area contributed by atoms with Gasteiger partial charge in [0, 0.05) is 19.7 Å². The summed E-state index contributed by atoms with van der Waals surface area (Å²) in [6.45, 7) is 5.54. The van der Waals surface area contributed by atoms with Crippen molar-refractivity contribution in [2.45, 2.75) is 44.9 Å². The van der Waals surface area contributed by atoms with Crippen LogP contribution in [-0.4, -0.2) is 42.4 Å². The van der Waals surface area contributed by atoms with Crippen LogP contribution in [0.25, 0.3) is 0 Å². The molecule has 5 nitrogen and oxygen atoms in total. The van der Waals surface area contributed by atoms with E-state index in [1.165, 1.54) is 0 Å².